The Bertz CT molecular complexity index is 1640. The topological polar surface area (TPSA) is 119 Å². The quantitative estimate of drug-likeness (QED) is 0.124. The Morgan fingerprint density at radius 3 is 2.27 bits per heavy atom. The molecule has 198 valence electrons. The summed E-state index contributed by atoms with van der Waals surface area (Å²) in [5.74, 6) is 0.0570. The summed E-state index contributed by atoms with van der Waals surface area (Å²) in [6.45, 7) is 1.88. The van der Waals surface area contributed by atoms with Crippen molar-refractivity contribution in [2.45, 2.75) is 6.92 Å². The number of carbonyl (C=O) groups excluding carboxylic acids is 3. The number of para-hydroxylation sites is 1. The summed E-state index contributed by atoms with van der Waals surface area (Å²) in [4.78, 5) is 50.5. The Balaban J connectivity index is 1.40. The van der Waals surface area contributed by atoms with Crippen LogP contribution >= 0.6 is 12.2 Å². The number of ether oxygens (including phenoxy) is 1. The Labute approximate surface area is 234 Å². The molecule has 1 unspecified atom stereocenters. The van der Waals surface area contributed by atoms with Gasteiger partial charge in [0.1, 0.15) is 16.5 Å². The molecule has 1 atom stereocenters. The molecule has 3 aromatic rings. The minimum absolute atomic E-state index is 0.0203. The minimum atomic E-state index is -0.699. The van der Waals surface area contributed by atoms with E-state index in [2.05, 4.69) is 5.32 Å². The first kappa shape index (κ1) is 26.4. The van der Waals surface area contributed by atoms with Crippen molar-refractivity contribution in [2.75, 3.05) is 4.90 Å². The van der Waals surface area contributed by atoms with Crippen molar-refractivity contribution >= 4 is 46.3 Å². The zero-order valence-corrected chi connectivity index (χ0v) is 21.9. The average Bonchev–Trinajstić information content (AvgIpc) is 3.32. The monoisotopic (exact) mass is 551 g/mol. The number of urea groups is 1. The number of nitro groups is 1. The van der Waals surface area contributed by atoms with Crippen molar-refractivity contribution in [1.82, 2.24) is 5.32 Å². The van der Waals surface area contributed by atoms with Gasteiger partial charge in [-0.3, -0.25) is 29.9 Å². The summed E-state index contributed by atoms with van der Waals surface area (Å²) < 4.78 is 5.80. The lowest BCUT2D eigenvalue weighted by Crippen LogP contribution is -2.53. The Morgan fingerprint density at radius 2 is 1.62 bits per heavy atom. The van der Waals surface area contributed by atoms with E-state index in [9.17, 15) is 24.5 Å². The number of non-ortho nitro benzene ring substituents is 1. The van der Waals surface area contributed by atoms with Crippen LogP contribution in [-0.4, -0.2) is 27.6 Å². The van der Waals surface area contributed by atoms with Crippen molar-refractivity contribution in [1.29, 1.82) is 0 Å². The number of Topliss-reactive ketones (excluding diaryl/α,β-unsaturated/α-hetero) is 1. The lowest BCUT2D eigenvalue weighted by atomic mass is 9.96. The molecule has 3 aromatic carbocycles. The number of hydrogen-bond donors (Lipinski definition) is 1. The van der Waals surface area contributed by atoms with Crippen LogP contribution in [0.25, 0.3) is 0 Å². The minimum Gasteiger partial charge on any atom is -0.457 e. The number of benzene rings is 3. The Morgan fingerprint density at radius 1 is 0.975 bits per heavy atom. The van der Waals surface area contributed by atoms with Crippen LogP contribution in [0.5, 0.6) is 11.5 Å². The number of carbonyl (C=O) groups is 3. The van der Waals surface area contributed by atoms with Gasteiger partial charge >= 0.3 is 6.03 Å². The zero-order valence-electron chi connectivity index (χ0n) is 21.1. The maximum atomic E-state index is 13.3. The molecule has 1 saturated heterocycles. The largest absolute Gasteiger partial charge is 0.457 e. The van der Waals surface area contributed by atoms with E-state index in [-0.39, 0.29) is 33.5 Å². The predicted octanol–water partition coefficient (Wildman–Crippen LogP) is 6.08. The normalized spacial score (nSPS) is 17.8. The van der Waals surface area contributed by atoms with Crippen LogP contribution in [0.2, 0.25) is 0 Å². The third kappa shape index (κ3) is 5.33. The van der Waals surface area contributed by atoms with Crippen molar-refractivity contribution < 1.29 is 24.0 Å². The van der Waals surface area contributed by atoms with Gasteiger partial charge in [-0.15, -0.1) is 0 Å². The number of nitro benzene ring substituents is 1. The van der Waals surface area contributed by atoms with E-state index in [1.807, 2.05) is 37.3 Å². The van der Waals surface area contributed by atoms with Crippen LogP contribution < -0.4 is 15.0 Å². The number of rotatable bonds is 7. The second-order valence-electron chi connectivity index (χ2n) is 9.06. The molecule has 1 heterocycles. The molecule has 1 fully saturated rings. The lowest BCUT2D eigenvalue weighted by molar-refractivity contribution is -0.384. The summed E-state index contributed by atoms with van der Waals surface area (Å²) in [6, 6.07) is 20.5. The second kappa shape index (κ2) is 10.9. The summed E-state index contributed by atoms with van der Waals surface area (Å²) >= 11 is 5.57. The molecule has 3 amide bonds. The highest BCUT2D eigenvalue weighted by Crippen LogP contribution is 2.32. The fourth-order valence-corrected chi connectivity index (χ4v) is 4.68. The molecule has 1 aliphatic heterocycles. The number of amides is 3. The molecule has 10 heteroatoms. The number of ketones is 1. The van der Waals surface area contributed by atoms with Gasteiger partial charge in [0.2, 0.25) is 0 Å². The third-order valence-electron chi connectivity index (χ3n) is 6.24. The van der Waals surface area contributed by atoms with Gasteiger partial charge in [-0.1, -0.05) is 49.5 Å². The zero-order chi connectivity index (χ0) is 28.4. The molecular weight excluding hydrogens is 530 g/mol. The first-order valence-corrected chi connectivity index (χ1v) is 12.6. The summed E-state index contributed by atoms with van der Waals surface area (Å²) in [5, 5.41) is 13.3. The van der Waals surface area contributed by atoms with E-state index in [0.717, 1.165) is 0 Å². The number of nitrogens with one attached hydrogen (secondary N) is 1. The molecule has 1 N–H and O–H groups in total. The van der Waals surface area contributed by atoms with E-state index in [1.165, 1.54) is 35.2 Å². The number of anilines is 1. The van der Waals surface area contributed by atoms with E-state index in [4.69, 9.17) is 17.0 Å². The van der Waals surface area contributed by atoms with E-state index < -0.39 is 16.9 Å². The maximum absolute atomic E-state index is 13.3. The van der Waals surface area contributed by atoms with Crippen molar-refractivity contribution in [2.24, 2.45) is 5.92 Å². The number of allylic oxidation sites excluding steroid dienone is 5. The first-order chi connectivity index (χ1) is 19.2. The molecule has 40 heavy (non-hydrogen) atoms. The third-order valence-corrected chi connectivity index (χ3v) is 6.65. The van der Waals surface area contributed by atoms with Crippen LogP contribution in [-0.2, 0) is 4.79 Å². The van der Waals surface area contributed by atoms with E-state index in [1.54, 1.807) is 36.4 Å². The van der Waals surface area contributed by atoms with Crippen molar-refractivity contribution in [3.05, 3.63) is 129 Å². The summed E-state index contributed by atoms with van der Waals surface area (Å²) in [6.07, 6.45) is 5.04. The molecule has 0 saturated carbocycles. The highest BCUT2D eigenvalue weighted by molar-refractivity contribution is 7.81. The molecule has 0 radical (unpaired) electrons. The standard InChI is InChI=1S/C30H21N3O6S/c1-18-15-20(25(16-18)27(34)19-7-9-22(10-8-19)33(37)38)17-26-28(35)31-30(36)32(29(26)40)21-11-13-24(14-12-21)39-23-5-3-2-4-6-23/h2-18H,1H3,(H,31,35,36)/b26-17+. The van der Waals surface area contributed by atoms with Crippen LogP contribution in [0.4, 0.5) is 16.2 Å². The molecule has 5 rings (SSSR count). The molecule has 9 nitrogen and oxygen atoms in total. The van der Waals surface area contributed by atoms with E-state index >= 15 is 0 Å². The maximum Gasteiger partial charge on any atom is 0.334 e. The van der Waals surface area contributed by atoms with Crippen LogP contribution in [0.15, 0.2) is 114 Å². The van der Waals surface area contributed by atoms with Gasteiger partial charge in [-0.05, 0) is 66.1 Å². The van der Waals surface area contributed by atoms with Gasteiger partial charge in [0.25, 0.3) is 11.6 Å². The molecular formula is C30H21N3O6S. The van der Waals surface area contributed by atoms with Gasteiger partial charge in [0, 0.05) is 23.3 Å². The van der Waals surface area contributed by atoms with Crippen LogP contribution in [0.3, 0.4) is 0 Å². The van der Waals surface area contributed by atoms with Gasteiger partial charge < -0.3 is 4.74 Å². The smallest absolute Gasteiger partial charge is 0.334 e. The number of imide groups is 1. The van der Waals surface area contributed by atoms with Gasteiger partial charge in [0.15, 0.2) is 5.78 Å². The first-order valence-electron chi connectivity index (χ1n) is 12.2. The molecule has 2 aliphatic rings. The van der Waals surface area contributed by atoms with Crippen LogP contribution in [0, 0.1) is 16.0 Å². The van der Waals surface area contributed by atoms with Crippen molar-refractivity contribution in [3.63, 3.8) is 0 Å². The number of nitrogens with zero attached hydrogens (tertiary/aromatic N) is 2. The van der Waals surface area contributed by atoms with Gasteiger partial charge in [-0.25, -0.2) is 4.79 Å². The molecule has 1 aliphatic carbocycles. The van der Waals surface area contributed by atoms with Gasteiger partial charge in [0.05, 0.1) is 16.2 Å². The SMILES string of the molecule is CC1C=C(/C=C2\C(=O)NC(=O)N(c3ccc(Oc4ccccc4)cc3)C2=S)C(C(=O)c2ccc([N+](=O)[O-])cc2)=C1. The molecule has 0 aromatic heterocycles. The number of hydrogen-bond acceptors (Lipinski definition) is 7. The molecule has 0 bridgehead atoms. The average molecular weight is 552 g/mol. The van der Waals surface area contributed by atoms with Crippen LogP contribution in [0.1, 0.15) is 17.3 Å². The van der Waals surface area contributed by atoms with Gasteiger partial charge in [-0.2, -0.15) is 0 Å². The van der Waals surface area contributed by atoms with E-state index in [0.29, 0.717) is 28.3 Å². The molecule has 0 spiro atoms. The Kier molecular flexibility index (Phi) is 7.17. The number of thiocarbonyl (C=S) groups is 1. The Hall–Kier alpha value is -5.22. The fraction of sp³-hybridized carbons (Fsp3) is 0.0667. The fourth-order valence-electron chi connectivity index (χ4n) is 4.34. The highest BCUT2D eigenvalue weighted by Gasteiger charge is 2.35. The second-order valence-corrected chi connectivity index (χ2v) is 9.45. The van der Waals surface area contributed by atoms with Crippen molar-refractivity contribution in [3.8, 4) is 11.5 Å². The highest BCUT2D eigenvalue weighted by atomic mass is 32.1. The predicted molar refractivity (Wildman–Crippen MR) is 152 cm³/mol. The summed E-state index contributed by atoms with van der Waals surface area (Å²) in [7, 11) is 0. The summed E-state index contributed by atoms with van der Waals surface area (Å²) in [5.41, 5.74) is 1.40. The lowest BCUT2D eigenvalue weighted by Gasteiger charge is -2.29.